The average Bonchev–Trinajstić information content (AvgIpc) is 2.16. The summed E-state index contributed by atoms with van der Waals surface area (Å²) in [6, 6.07) is 8.20. The summed E-state index contributed by atoms with van der Waals surface area (Å²) in [6.07, 6.45) is 2.80. The summed E-state index contributed by atoms with van der Waals surface area (Å²) in [5.74, 6) is 0. The minimum Gasteiger partial charge on any atom is -0.321 e. The van der Waals surface area contributed by atoms with Gasteiger partial charge in [0, 0.05) is 6.04 Å². The maximum absolute atomic E-state index is 5.85. The molecular formula is C11H15N. The fraction of sp³-hybridized carbons (Fsp3) is 0.273. The van der Waals surface area contributed by atoms with E-state index >= 15 is 0 Å². The molecule has 0 unspecified atom stereocenters. The maximum atomic E-state index is 5.85. The van der Waals surface area contributed by atoms with Crippen LogP contribution in [0, 0.1) is 0 Å². The fourth-order valence-corrected chi connectivity index (χ4v) is 1.31. The molecule has 1 aromatic rings. The van der Waals surface area contributed by atoms with Gasteiger partial charge in [-0.25, -0.2) is 0 Å². The first-order valence-electron chi connectivity index (χ1n) is 4.25. The van der Waals surface area contributed by atoms with Crippen LogP contribution >= 0.6 is 0 Å². The van der Waals surface area contributed by atoms with Crippen molar-refractivity contribution >= 4 is 0 Å². The minimum atomic E-state index is -0.0267. The first kappa shape index (κ1) is 9.01. The Kier molecular flexibility index (Phi) is 3.06. The number of hydrogen-bond donors (Lipinski definition) is 1. The second-order valence-electron chi connectivity index (χ2n) is 2.81. The van der Waals surface area contributed by atoms with Crippen LogP contribution < -0.4 is 5.73 Å². The number of benzene rings is 1. The van der Waals surface area contributed by atoms with Crippen LogP contribution in [-0.4, -0.2) is 0 Å². The van der Waals surface area contributed by atoms with Gasteiger partial charge < -0.3 is 5.73 Å². The molecule has 2 N–H and O–H groups in total. The number of aryl methyl sites for hydroxylation is 1. The lowest BCUT2D eigenvalue weighted by Crippen LogP contribution is -2.08. The topological polar surface area (TPSA) is 26.0 Å². The molecule has 64 valence electrons. The molecule has 12 heavy (non-hydrogen) atoms. The van der Waals surface area contributed by atoms with Crippen molar-refractivity contribution in [3.63, 3.8) is 0 Å². The Labute approximate surface area is 73.9 Å². The molecule has 0 fully saturated rings. The van der Waals surface area contributed by atoms with E-state index in [1.807, 2.05) is 12.1 Å². The molecule has 0 saturated heterocycles. The van der Waals surface area contributed by atoms with Crippen molar-refractivity contribution in [3.05, 3.63) is 48.0 Å². The smallest absolute Gasteiger partial charge is 0.0481 e. The molecule has 0 amide bonds. The fourth-order valence-electron chi connectivity index (χ4n) is 1.31. The lowest BCUT2D eigenvalue weighted by Gasteiger charge is -2.10. The molecule has 0 bridgehead atoms. The standard InChI is InChI=1S/C11H15N/c1-3-9-7-5-6-8-10(9)11(12)4-2/h4-8,11H,2-3,12H2,1H3/t11-/m1/s1. The highest BCUT2D eigenvalue weighted by Crippen LogP contribution is 2.16. The molecule has 1 nitrogen and oxygen atoms in total. The van der Waals surface area contributed by atoms with Crippen molar-refractivity contribution < 1.29 is 0 Å². The van der Waals surface area contributed by atoms with Gasteiger partial charge in [0.25, 0.3) is 0 Å². The molecule has 1 heteroatoms. The van der Waals surface area contributed by atoms with Gasteiger partial charge in [-0.05, 0) is 17.5 Å². The van der Waals surface area contributed by atoms with E-state index < -0.39 is 0 Å². The molecule has 0 aliphatic carbocycles. The average molecular weight is 161 g/mol. The third-order valence-corrected chi connectivity index (χ3v) is 2.05. The van der Waals surface area contributed by atoms with E-state index in [0.717, 1.165) is 6.42 Å². The third kappa shape index (κ3) is 1.74. The molecule has 0 aliphatic heterocycles. The Hall–Kier alpha value is -1.08. The third-order valence-electron chi connectivity index (χ3n) is 2.05. The molecule has 0 saturated carbocycles. The molecule has 1 atom stereocenters. The highest BCUT2D eigenvalue weighted by Gasteiger charge is 2.04. The van der Waals surface area contributed by atoms with Crippen LogP contribution in [0.2, 0.25) is 0 Å². The van der Waals surface area contributed by atoms with Crippen molar-refractivity contribution in [3.8, 4) is 0 Å². The summed E-state index contributed by atoms with van der Waals surface area (Å²) >= 11 is 0. The van der Waals surface area contributed by atoms with Gasteiger partial charge in [-0.15, -0.1) is 6.58 Å². The van der Waals surface area contributed by atoms with Crippen molar-refractivity contribution in [2.75, 3.05) is 0 Å². The highest BCUT2D eigenvalue weighted by molar-refractivity contribution is 5.31. The molecule has 0 aliphatic rings. The van der Waals surface area contributed by atoms with E-state index in [1.54, 1.807) is 6.08 Å². The van der Waals surface area contributed by atoms with Crippen LogP contribution in [0.15, 0.2) is 36.9 Å². The maximum Gasteiger partial charge on any atom is 0.0481 e. The predicted octanol–water partition coefficient (Wildman–Crippen LogP) is 2.43. The van der Waals surface area contributed by atoms with Gasteiger partial charge in [-0.3, -0.25) is 0 Å². The molecule has 0 spiro atoms. The highest BCUT2D eigenvalue weighted by atomic mass is 14.6. The second-order valence-corrected chi connectivity index (χ2v) is 2.81. The van der Waals surface area contributed by atoms with E-state index in [4.69, 9.17) is 5.73 Å². The molecule has 0 heterocycles. The van der Waals surface area contributed by atoms with Crippen LogP contribution in [0.1, 0.15) is 24.1 Å². The summed E-state index contributed by atoms with van der Waals surface area (Å²) in [4.78, 5) is 0. The van der Waals surface area contributed by atoms with E-state index in [1.165, 1.54) is 11.1 Å². The number of nitrogens with two attached hydrogens (primary N) is 1. The Morgan fingerprint density at radius 3 is 2.75 bits per heavy atom. The summed E-state index contributed by atoms with van der Waals surface area (Å²) in [5.41, 5.74) is 8.35. The quantitative estimate of drug-likeness (QED) is 0.677. The Bertz CT molecular complexity index is 265. The van der Waals surface area contributed by atoms with E-state index in [2.05, 4.69) is 25.6 Å². The van der Waals surface area contributed by atoms with Crippen LogP contribution in [-0.2, 0) is 6.42 Å². The second kappa shape index (κ2) is 4.07. The summed E-state index contributed by atoms with van der Waals surface area (Å²) in [7, 11) is 0. The lowest BCUT2D eigenvalue weighted by atomic mass is 9.99. The normalized spacial score (nSPS) is 12.5. The van der Waals surface area contributed by atoms with Gasteiger partial charge in [-0.1, -0.05) is 37.3 Å². The zero-order chi connectivity index (χ0) is 8.97. The Morgan fingerprint density at radius 1 is 1.50 bits per heavy atom. The monoisotopic (exact) mass is 161 g/mol. The first-order valence-corrected chi connectivity index (χ1v) is 4.25. The number of rotatable bonds is 3. The van der Waals surface area contributed by atoms with Crippen molar-refractivity contribution in [2.24, 2.45) is 5.73 Å². The zero-order valence-corrected chi connectivity index (χ0v) is 7.46. The molecular weight excluding hydrogens is 146 g/mol. The lowest BCUT2D eigenvalue weighted by molar-refractivity contribution is 0.886. The Morgan fingerprint density at radius 2 is 2.17 bits per heavy atom. The van der Waals surface area contributed by atoms with E-state index in [9.17, 15) is 0 Å². The molecule has 1 aromatic carbocycles. The van der Waals surface area contributed by atoms with Crippen LogP contribution in [0.5, 0.6) is 0 Å². The molecule has 0 radical (unpaired) electrons. The van der Waals surface area contributed by atoms with E-state index in [-0.39, 0.29) is 6.04 Å². The summed E-state index contributed by atoms with van der Waals surface area (Å²) in [6.45, 7) is 5.82. The van der Waals surface area contributed by atoms with Gasteiger partial charge in [-0.2, -0.15) is 0 Å². The SMILES string of the molecule is C=C[C@@H](N)c1ccccc1CC. The van der Waals surface area contributed by atoms with Gasteiger partial charge in [0.1, 0.15) is 0 Å². The minimum absolute atomic E-state index is 0.0267. The Balaban J connectivity index is 3.04. The molecule has 0 aromatic heterocycles. The van der Waals surface area contributed by atoms with Gasteiger partial charge in [0.05, 0.1) is 0 Å². The summed E-state index contributed by atoms with van der Waals surface area (Å²) < 4.78 is 0. The van der Waals surface area contributed by atoms with Crippen molar-refractivity contribution in [1.29, 1.82) is 0 Å². The largest absolute Gasteiger partial charge is 0.321 e. The zero-order valence-electron chi connectivity index (χ0n) is 7.46. The van der Waals surface area contributed by atoms with E-state index in [0.29, 0.717) is 0 Å². The summed E-state index contributed by atoms with van der Waals surface area (Å²) in [5, 5.41) is 0. The van der Waals surface area contributed by atoms with Crippen LogP contribution in [0.3, 0.4) is 0 Å². The predicted molar refractivity (Wildman–Crippen MR) is 52.9 cm³/mol. The van der Waals surface area contributed by atoms with Crippen molar-refractivity contribution in [1.82, 2.24) is 0 Å². The van der Waals surface area contributed by atoms with Gasteiger partial charge in [0.15, 0.2) is 0 Å². The van der Waals surface area contributed by atoms with Crippen molar-refractivity contribution in [2.45, 2.75) is 19.4 Å². The first-order chi connectivity index (χ1) is 5.79. The van der Waals surface area contributed by atoms with Crippen LogP contribution in [0.4, 0.5) is 0 Å². The van der Waals surface area contributed by atoms with Gasteiger partial charge in [0.2, 0.25) is 0 Å². The van der Waals surface area contributed by atoms with Gasteiger partial charge >= 0.3 is 0 Å². The number of hydrogen-bond acceptors (Lipinski definition) is 1. The van der Waals surface area contributed by atoms with Crippen LogP contribution in [0.25, 0.3) is 0 Å². The molecule has 1 rings (SSSR count).